The molecule has 1 aliphatic rings. The molecule has 184 valence electrons. The van der Waals surface area contributed by atoms with Crippen molar-refractivity contribution in [3.63, 3.8) is 0 Å². The monoisotopic (exact) mass is 489 g/mol. The average Bonchev–Trinajstić information content (AvgIpc) is 3.50. The first kappa shape index (κ1) is 23.9. The van der Waals surface area contributed by atoms with E-state index in [9.17, 15) is 22.8 Å². The van der Waals surface area contributed by atoms with Gasteiger partial charge in [0.25, 0.3) is 5.91 Å². The number of halogens is 3. The van der Waals surface area contributed by atoms with Crippen molar-refractivity contribution >= 4 is 29.3 Å². The van der Waals surface area contributed by atoms with E-state index in [1.807, 2.05) is 0 Å². The lowest BCUT2D eigenvalue weighted by atomic mass is 10.2. The fraction of sp³-hybridized carbons (Fsp3) is 0.273. The molecule has 0 radical (unpaired) electrons. The van der Waals surface area contributed by atoms with Gasteiger partial charge >= 0.3 is 12.4 Å². The molecule has 2 heterocycles. The van der Waals surface area contributed by atoms with E-state index >= 15 is 0 Å². The van der Waals surface area contributed by atoms with Crippen LogP contribution in [0.3, 0.4) is 0 Å². The van der Waals surface area contributed by atoms with E-state index < -0.39 is 18.0 Å². The van der Waals surface area contributed by atoms with E-state index in [4.69, 9.17) is 0 Å². The van der Waals surface area contributed by atoms with E-state index in [1.165, 1.54) is 23.0 Å². The molecule has 4 rings (SSSR count). The summed E-state index contributed by atoms with van der Waals surface area (Å²) >= 11 is 0. The molecule has 0 bridgehead atoms. The van der Waals surface area contributed by atoms with Gasteiger partial charge in [0.15, 0.2) is 0 Å². The zero-order chi connectivity index (χ0) is 25.0. The van der Waals surface area contributed by atoms with E-state index in [1.54, 1.807) is 25.4 Å². The Labute approximate surface area is 197 Å². The fourth-order valence-electron chi connectivity index (χ4n) is 3.19. The van der Waals surface area contributed by atoms with Gasteiger partial charge in [-0.25, -0.2) is 9.78 Å². The highest BCUT2D eigenvalue weighted by atomic mass is 19.4. The van der Waals surface area contributed by atoms with Crippen molar-refractivity contribution in [1.82, 2.24) is 20.1 Å². The molecule has 1 aliphatic carbocycles. The number of urea groups is 1. The molecule has 35 heavy (non-hydrogen) atoms. The molecule has 0 unspecified atom stereocenters. The maximum absolute atomic E-state index is 12.8. The highest BCUT2D eigenvalue weighted by Gasteiger charge is 2.31. The predicted molar refractivity (Wildman–Crippen MR) is 121 cm³/mol. The van der Waals surface area contributed by atoms with Crippen LogP contribution < -0.4 is 26.0 Å². The molecule has 0 spiro atoms. The van der Waals surface area contributed by atoms with Crippen molar-refractivity contribution in [3.8, 4) is 5.75 Å². The van der Waals surface area contributed by atoms with Gasteiger partial charge in [-0.3, -0.25) is 14.8 Å². The lowest BCUT2D eigenvalue weighted by Gasteiger charge is -2.12. The summed E-state index contributed by atoms with van der Waals surface area (Å²) in [6.45, 7) is 0.288. The standard InChI is InChI=1S/C22H22F3N7O3/c1-32-19(27-11-13-7-8-26-18(9-13)31-21(34)30-14-5-6-14)17(12-28-32)20(33)29-15-3-2-4-16(10-15)35-22(23,24)25/h2-4,7-10,12,14,27H,5-6,11H2,1H3,(H,29,33)(H2,26,30,31,34). The Balaban J connectivity index is 1.40. The third-order valence-corrected chi connectivity index (χ3v) is 4.95. The van der Waals surface area contributed by atoms with E-state index in [0.717, 1.165) is 30.5 Å². The number of rotatable bonds is 8. The van der Waals surface area contributed by atoms with Gasteiger partial charge in [-0.05, 0) is 42.7 Å². The highest BCUT2D eigenvalue weighted by molar-refractivity contribution is 6.07. The van der Waals surface area contributed by atoms with E-state index in [2.05, 4.69) is 36.1 Å². The first-order valence-electron chi connectivity index (χ1n) is 10.6. The Kier molecular flexibility index (Phi) is 6.75. The van der Waals surface area contributed by atoms with Crippen LogP contribution in [0.2, 0.25) is 0 Å². The van der Waals surface area contributed by atoms with Crippen molar-refractivity contribution in [2.75, 3.05) is 16.0 Å². The highest BCUT2D eigenvalue weighted by Crippen LogP contribution is 2.26. The van der Waals surface area contributed by atoms with Crippen molar-refractivity contribution < 1.29 is 27.5 Å². The first-order valence-corrected chi connectivity index (χ1v) is 10.6. The van der Waals surface area contributed by atoms with Gasteiger partial charge in [0.1, 0.15) is 22.9 Å². The van der Waals surface area contributed by atoms with Crippen LogP contribution in [-0.4, -0.2) is 39.1 Å². The number of pyridine rings is 1. The van der Waals surface area contributed by atoms with E-state index in [0.29, 0.717) is 11.6 Å². The number of amides is 3. The molecule has 3 amide bonds. The second kappa shape index (κ2) is 9.91. The smallest absolute Gasteiger partial charge is 0.406 e. The molecule has 1 saturated carbocycles. The largest absolute Gasteiger partial charge is 0.573 e. The molecule has 1 fully saturated rings. The SMILES string of the molecule is Cn1ncc(C(=O)Nc2cccc(OC(F)(F)F)c2)c1NCc1ccnc(NC(=O)NC2CC2)c1. The van der Waals surface area contributed by atoms with Crippen LogP contribution in [-0.2, 0) is 13.6 Å². The topological polar surface area (TPSA) is 122 Å². The first-order chi connectivity index (χ1) is 16.7. The zero-order valence-electron chi connectivity index (χ0n) is 18.5. The Morgan fingerprint density at radius 1 is 1.17 bits per heavy atom. The van der Waals surface area contributed by atoms with Gasteiger partial charge in [-0.1, -0.05) is 6.07 Å². The minimum absolute atomic E-state index is 0.126. The number of carbonyl (C=O) groups is 2. The maximum Gasteiger partial charge on any atom is 0.573 e. The normalized spacial score (nSPS) is 13.1. The summed E-state index contributed by atoms with van der Waals surface area (Å²) in [5.74, 6) is -0.249. The van der Waals surface area contributed by atoms with Crippen LogP contribution in [0.1, 0.15) is 28.8 Å². The quantitative estimate of drug-likeness (QED) is 0.381. The molecule has 2 aromatic heterocycles. The summed E-state index contributed by atoms with van der Waals surface area (Å²) in [7, 11) is 1.64. The van der Waals surface area contributed by atoms with Gasteiger partial charge < -0.3 is 20.7 Å². The summed E-state index contributed by atoms with van der Waals surface area (Å²) in [5, 5.41) is 15.2. The maximum atomic E-state index is 12.8. The Hall–Kier alpha value is -4.29. The van der Waals surface area contributed by atoms with Crippen LogP contribution in [0.5, 0.6) is 5.75 Å². The number of nitrogens with zero attached hydrogens (tertiary/aromatic N) is 3. The summed E-state index contributed by atoms with van der Waals surface area (Å²) in [6, 6.07) is 8.32. The van der Waals surface area contributed by atoms with Gasteiger partial charge in [0.05, 0.1) is 6.20 Å². The molecule has 1 aromatic carbocycles. The summed E-state index contributed by atoms with van der Waals surface area (Å²) in [4.78, 5) is 28.8. The Morgan fingerprint density at radius 3 is 2.71 bits per heavy atom. The number of benzene rings is 1. The minimum atomic E-state index is -4.84. The summed E-state index contributed by atoms with van der Waals surface area (Å²) < 4.78 is 42.7. The molecule has 0 aliphatic heterocycles. The number of carbonyl (C=O) groups excluding carboxylic acids is 2. The van der Waals surface area contributed by atoms with Crippen molar-refractivity contribution in [2.24, 2.45) is 7.05 Å². The van der Waals surface area contributed by atoms with Gasteiger partial charge in [0, 0.05) is 37.6 Å². The predicted octanol–water partition coefficient (Wildman–Crippen LogP) is 3.86. The molecular formula is C22H22F3N7O3. The zero-order valence-corrected chi connectivity index (χ0v) is 18.5. The van der Waals surface area contributed by atoms with Crippen LogP contribution >= 0.6 is 0 Å². The minimum Gasteiger partial charge on any atom is -0.406 e. The number of ether oxygens (including phenoxy) is 1. The number of hydrogen-bond donors (Lipinski definition) is 4. The molecule has 0 saturated heterocycles. The van der Waals surface area contributed by atoms with Gasteiger partial charge in [0.2, 0.25) is 0 Å². The van der Waals surface area contributed by atoms with Crippen LogP contribution in [0.25, 0.3) is 0 Å². The summed E-state index contributed by atoms with van der Waals surface area (Å²) in [5.41, 5.74) is 1.10. The number of aromatic nitrogens is 3. The lowest BCUT2D eigenvalue weighted by molar-refractivity contribution is -0.274. The molecule has 13 heteroatoms. The van der Waals surface area contributed by atoms with Crippen LogP contribution in [0.15, 0.2) is 48.8 Å². The number of nitrogens with one attached hydrogen (secondary N) is 4. The number of aryl methyl sites for hydroxylation is 1. The second-order valence-electron chi connectivity index (χ2n) is 7.84. The fourth-order valence-corrected chi connectivity index (χ4v) is 3.19. The Bertz CT molecular complexity index is 1220. The van der Waals surface area contributed by atoms with Crippen molar-refractivity contribution in [2.45, 2.75) is 31.8 Å². The molecule has 10 nitrogen and oxygen atoms in total. The molecule has 0 atom stereocenters. The third-order valence-electron chi connectivity index (χ3n) is 4.95. The summed E-state index contributed by atoms with van der Waals surface area (Å²) in [6.07, 6.45) is -0.00504. The van der Waals surface area contributed by atoms with Crippen molar-refractivity contribution in [3.05, 3.63) is 59.9 Å². The Morgan fingerprint density at radius 2 is 1.97 bits per heavy atom. The average molecular weight is 489 g/mol. The van der Waals surface area contributed by atoms with Crippen molar-refractivity contribution in [1.29, 1.82) is 0 Å². The van der Waals surface area contributed by atoms with Crippen LogP contribution in [0.4, 0.5) is 35.3 Å². The number of hydrogen-bond acceptors (Lipinski definition) is 6. The van der Waals surface area contributed by atoms with Gasteiger partial charge in [-0.2, -0.15) is 5.10 Å². The lowest BCUT2D eigenvalue weighted by Crippen LogP contribution is -2.30. The number of anilines is 3. The number of alkyl halides is 3. The molecule has 4 N–H and O–H groups in total. The van der Waals surface area contributed by atoms with Crippen LogP contribution in [0, 0.1) is 0 Å². The molecule has 3 aromatic rings. The second-order valence-corrected chi connectivity index (χ2v) is 7.84. The third kappa shape index (κ3) is 6.85. The van der Waals surface area contributed by atoms with Gasteiger partial charge in [-0.15, -0.1) is 13.2 Å². The van der Waals surface area contributed by atoms with E-state index in [-0.39, 0.29) is 29.9 Å². The molecular weight excluding hydrogens is 467 g/mol.